The Morgan fingerprint density at radius 1 is 0.611 bits per heavy atom. The highest BCUT2D eigenvalue weighted by Crippen LogP contribution is 2.61. The molecule has 5 heteroatoms. The maximum Gasteiger partial charge on any atom is 0.348 e. The highest BCUT2D eigenvalue weighted by molar-refractivity contribution is 8.67. The molecule has 0 bridgehead atoms. The number of rotatable bonds is 17. The monoisotopic (exact) mass is 540 g/mol. The molecule has 0 saturated carbocycles. The summed E-state index contributed by atoms with van der Waals surface area (Å²) < 4.78 is 13.0. The van der Waals surface area contributed by atoms with Gasteiger partial charge in [-0.1, -0.05) is 107 Å². The molecule has 0 aliphatic heterocycles. The van der Waals surface area contributed by atoms with Crippen LogP contribution in [-0.2, 0) is 30.4 Å². The van der Waals surface area contributed by atoms with Gasteiger partial charge in [-0.3, -0.25) is 0 Å². The molecule has 194 valence electrons. The molecule has 0 aliphatic rings. The predicted molar refractivity (Wildman–Crippen MR) is 162 cm³/mol. The summed E-state index contributed by atoms with van der Waals surface area (Å²) in [6.07, 6.45) is 12.2. The van der Waals surface area contributed by atoms with E-state index >= 15 is 0 Å². The molecule has 0 atom stereocenters. The molecule has 0 aromatic heterocycles. The van der Waals surface area contributed by atoms with Gasteiger partial charge >= 0.3 is 5.69 Å². The normalized spacial score (nSPS) is 11.4. The summed E-state index contributed by atoms with van der Waals surface area (Å²) in [6, 6.07) is 27.2. The first-order chi connectivity index (χ1) is 17.6. The van der Waals surface area contributed by atoms with Gasteiger partial charge in [-0.15, -0.1) is 0 Å². The Balaban J connectivity index is 1.73. The summed E-state index contributed by atoms with van der Waals surface area (Å²) in [5.41, 5.74) is 1.13. The van der Waals surface area contributed by atoms with Crippen molar-refractivity contribution in [1.29, 1.82) is 0 Å². The topological polar surface area (TPSA) is 18.5 Å². The van der Waals surface area contributed by atoms with Crippen LogP contribution in [0, 0.1) is 0 Å². The molecule has 0 aliphatic carbocycles. The molecule has 0 spiro atoms. The maximum absolute atomic E-state index is 6.52. The van der Waals surface area contributed by atoms with E-state index in [9.17, 15) is 0 Å². The van der Waals surface area contributed by atoms with Crippen LogP contribution in [0.5, 0.6) is 11.5 Å². The van der Waals surface area contributed by atoms with Crippen molar-refractivity contribution in [3.05, 3.63) is 95.6 Å². The van der Waals surface area contributed by atoms with Gasteiger partial charge in [-0.05, 0) is 89.8 Å². The van der Waals surface area contributed by atoms with Crippen LogP contribution >= 0.6 is 17.1 Å². The maximum atomic E-state index is 6.52. The van der Waals surface area contributed by atoms with Crippen molar-refractivity contribution >= 4 is 28.9 Å². The van der Waals surface area contributed by atoms with Crippen LogP contribution in [0.4, 0.5) is 0 Å². The summed E-state index contributed by atoms with van der Waals surface area (Å²) in [4.78, 5) is 0. The Morgan fingerprint density at radius 3 is 1.61 bits per heavy atom. The molecule has 3 rings (SSSR count). The standard InChI is InChI=1S/C31H41O2PS2/c1-3-5-7-10-16-27-20-14-22-30(24-27)32-34(35,36-26-29-18-12-9-13-19-29)33-31-23-15-21-28(25-31)17-11-8-6-4-2/h9,12-15,18-25H,3-8,10-11,16-17,26H2,1-2H3. The Kier molecular flexibility index (Phi) is 13.0. The van der Waals surface area contributed by atoms with E-state index in [0.717, 1.165) is 30.1 Å². The van der Waals surface area contributed by atoms with E-state index < -0.39 is 5.69 Å². The number of hydrogen-bond acceptors (Lipinski definition) is 4. The van der Waals surface area contributed by atoms with Crippen molar-refractivity contribution in [1.82, 2.24) is 0 Å². The van der Waals surface area contributed by atoms with E-state index in [2.05, 4.69) is 74.5 Å². The van der Waals surface area contributed by atoms with Gasteiger partial charge in [0.05, 0.1) is 0 Å². The van der Waals surface area contributed by atoms with Crippen LogP contribution in [0.1, 0.15) is 81.9 Å². The van der Waals surface area contributed by atoms with Crippen LogP contribution in [-0.4, -0.2) is 0 Å². The molecular weight excluding hydrogens is 499 g/mol. The first kappa shape index (κ1) is 28.8. The third-order valence-electron chi connectivity index (χ3n) is 6.10. The van der Waals surface area contributed by atoms with Gasteiger partial charge in [-0.2, -0.15) is 0 Å². The second-order valence-electron chi connectivity index (χ2n) is 9.30. The van der Waals surface area contributed by atoms with Gasteiger partial charge in [-0.25, -0.2) is 0 Å². The van der Waals surface area contributed by atoms with Crippen LogP contribution < -0.4 is 9.05 Å². The number of unbranched alkanes of at least 4 members (excludes halogenated alkanes) is 6. The Bertz CT molecular complexity index is 1010. The Morgan fingerprint density at radius 2 is 1.11 bits per heavy atom. The fourth-order valence-corrected chi connectivity index (χ4v) is 8.22. The van der Waals surface area contributed by atoms with E-state index in [1.54, 1.807) is 11.4 Å². The number of aryl methyl sites for hydroxylation is 2. The molecular formula is C31H41O2PS2. The fraction of sp³-hybridized carbons (Fsp3) is 0.419. The third kappa shape index (κ3) is 10.7. The lowest BCUT2D eigenvalue weighted by atomic mass is 10.1. The van der Waals surface area contributed by atoms with Gasteiger partial charge in [0.2, 0.25) is 0 Å². The average Bonchev–Trinajstić information content (AvgIpc) is 2.89. The van der Waals surface area contributed by atoms with E-state index in [4.69, 9.17) is 20.9 Å². The zero-order chi connectivity index (χ0) is 25.5. The van der Waals surface area contributed by atoms with E-state index in [1.165, 1.54) is 68.1 Å². The zero-order valence-electron chi connectivity index (χ0n) is 21.9. The largest absolute Gasteiger partial charge is 0.428 e. The van der Waals surface area contributed by atoms with Crippen molar-refractivity contribution in [2.45, 2.75) is 83.8 Å². The van der Waals surface area contributed by atoms with Gasteiger partial charge in [0.1, 0.15) is 11.5 Å². The quantitative estimate of drug-likeness (QED) is 0.125. The number of hydrogen-bond donors (Lipinski definition) is 0. The molecule has 0 unspecified atom stereocenters. The van der Waals surface area contributed by atoms with E-state index in [0.29, 0.717) is 0 Å². The lowest BCUT2D eigenvalue weighted by molar-refractivity contribution is 0.505. The van der Waals surface area contributed by atoms with Crippen molar-refractivity contribution in [3.63, 3.8) is 0 Å². The first-order valence-corrected chi connectivity index (χ1v) is 17.7. The van der Waals surface area contributed by atoms with Gasteiger partial charge in [0.15, 0.2) is 0 Å². The molecule has 36 heavy (non-hydrogen) atoms. The molecule has 0 N–H and O–H groups in total. The summed E-state index contributed by atoms with van der Waals surface area (Å²) in [7, 11) is 0. The van der Waals surface area contributed by atoms with E-state index in [-0.39, 0.29) is 0 Å². The van der Waals surface area contributed by atoms with Crippen molar-refractivity contribution in [2.24, 2.45) is 0 Å². The smallest absolute Gasteiger partial charge is 0.348 e. The number of benzene rings is 3. The Hall–Kier alpha value is -1.74. The highest BCUT2D eigenvalue weighted by Gasteiger charge is 2.24. The predicted octanol–water partition coefficient (Wildman–Crippen LogP) is 10.5. The summed E-state index contributed by atoms with van der Waals surface area (Å²) >= 11 is 7.73. The fourth-order valence-electron chi connectivity index (χ4n) is 4.08. The van der Waals surface area contributed by atoms with Crippen LogP contribution in [0.25, 0.3) is 0 Å². The molecule has 0 radical (unpaired) electrons. The van der Waals surface area contributed by atoms with E-state index in [1.807, 2.05) is 18.2 Å². The minimum absolute atomic E-state index is 0.755. The zero-order valence-corrected chi connectivity index (χ0v) is 24.4. The van der Waals surface area contributed by atoms with Crippen molar-refractivity contribution in [2.75, 3.05) is 0 Å². The van der Waals surface area contributed by atoms with Gasteiger partial charge < -0.3 is 9.05 Å². The van der Waals surface area contributed by atoms with Gasteiger partial charge in [0, 0.05) is 5.75 Å². The molecule has 0 amide bonds. The molecule has 3 aromatic carbocycles. The van der Waals surface area contributed by atoms with Crippen LogP contribution in [0.3, 0.4) is 0 Å². The molecule has 2 nitrogen and oxygen atoms in total. The van der Waals surface area contributed by atoms with Crippen LogP contribution in [0.2, 0.25) is 0 Å². The third-order valence-corrected chi connectivity index (χ3v) is 10.9. The second-order valence-corrected chi connectivity index (χ2v) is 15.5. The SMILES string of the molecule is CCCCCCc1cccc(OP(=S)(Oc2cccc(CCCCCC)c2)SCc2ccccc2)c1. The van der Waals surface area contributed by atoms with Crippen molar-refractivity contribution < 1.29 is 9.05 Å². The van der Waals surface area contributed by atoms with Crippen LogP contribution in [0.15, 0.2) is 78.9 Å². The summed E-state index contributed by atoms with van der Waals surface area (Å²) in [5.74, 6) is 2.37. The van der Waals surface area contributed by atoms with Crippen molar-refractivity contribution in [3.8, 4) is 11.5 Å². The Labute approximate surface area is 228 Å². The average molecular weight is 541 g/mol. The first-order valence-electron chi connectivity index (χ1n) is 13.5. The second kappa shape index (κ2) is 16.2. The lowest BCUT2D eigenvalue weighted by Crippen LogP contribution is -2.00. The van der Waals surface area contributed by atoms with Gasteiger partial charge in [0.25, 0.3) is 0 Å². The molecule has 0 heterocycles. The summed E-state index contributed by atoms with van der Waals surface area (Å²) in [5, 5.41) is 0. The highest BCUT2D eigenvalue weighted by atomic mass is 32.9. The lowest BCUT2D eigenvalue weighted by Gasteiger charge is -2.23. The minimum Gasteiger partial charge on any atom is -0.428 e. The summed E-state index contributed by atoms with van der Waals surface area (Å²) in [6.45, 7) is 4.49. The molecule has 0 fully saturated rings. The molecule has 3 aromatic rings. The minimum atomic E-state index is -2.69. The molecule has 0 saturated heterocycles.